The largest absolute Gasteiger partial charge is 0.378 e. The molecule has 2 saturated heterocycles. The summed E-state index contributed by atoms with van der Waals surface area (Å²) in [6.45, 7) is 8.47. The number of rotatable bonds is 13. The van der Waals surface area contributed by atoms with Crippen molar-refractivity contribution in [2.45, 2.75) is 114 Å². The Morgan fingerprint density at radius 2 is 1.11 bits per heavy atom. The molecule has 3 N–H and O–H groups in total. The highest BCUT2D eigenvalue weighted by Crippen LogP contribution is 2.38. The molecule has 0 radical (unpaired) electrons. The zero-order chi connectivity index (χ0) is 46.3. The average Bonchev–Trinajstić information content (AvgIpc) is 3.30. The quantitative estimate of drug-likeness (QED) is 0.113. The summed E-state index contributed by atoms with van der Waals surface area (Å²) in [5.41, 5.74) is 2.31. The van der Waals surface area contributed by atoms with E-state index in [9.17, 15) is 21.2 Å². The van der Waals surface area contributed by atoms with Crippen molar-refractivity contribution < 1.29 is 30.7 Å². The SMILES string of the molecule is C[C@@]1(COC2CCC(c3ccccc3)CC2)CN(c2ccccn2)CC[C@@H]1NS(C)(=O)=O.C[C@@]1(COC2CCC(c3ccccc3)CC2)CNCC[C@@H]1NS(C)(=O)=O.Fc1ccccn1. The Hall–Kier alpha value is -3.83. The minimum absolute atomic E-state index is 0.0700. The van der Waals surface area contributed by atoms with Crippen LogP contribution in [0.5, 0.6) is 0 Å². The molecule has 0 amide bonds. The van der Waals surface area contributed by atoms with Crippen LogP contribution in [-0.2, 0) is 29.5 Å². The summed E-state index contributed by atoms with van der Waals surface area (Å²) in [5, 5.41) is 3.39. The van der Waals surface area contributed by atoms with E-state index in [-0.39, 0.29) is 35.1 Å². The van der Waals surface area contributed by atoms with Gasteiger partial charge in [-0.15, -0.1) is 0 Å². The van der Waals surface area contributed by atoms with E-state index in [2.05, 4.69) is 104 Å². The Morgan fingerprint density at radius 1 is 0.631 bits per heavy atom. The van der Waals surface area contributed by atoms with Crippen molar-refractivity contribution in [3.05, 3.63) is 127 Å². The van der Waals surface area contributed by atoms with Crippen molar-refractivity contribution in [2.75, 3.05) is 56.8 Å². The summed E-state index contributed by atoms with van der Waals surface area (Å²) in [6.07, 6.45) is 16.6. The summed E-state index contributed by atoms with van der Waals surface area (Å²) in [7, 11) is -6.51. The van der Waals surface area contributed by atoms with E-state index in [1.807, 2.05) is 18.2 Å². The number of hydrogen-bond acceptors (Lipinski definition) is 10. The number of hydrogen-bond donors (Lipinski definition) is 3. The van der Waals surface area contributed by atoms with Crippen LogP contribution in [0.3, 0.4) is 0 Å². The van der Waals surface area contributed by atoms with Crippen molar-refractivity contribution in [3.8, 4) is 0 Å². The van der Waals surface area contributed by atoms with Crippen LogP contribution >= 0.6 is 0 Å². The zero-order valence-corrected chi connectivity index (χ0v) is 40.3. The normalized spacial score (nSPS) is 28.5. The predicted octanol–water partition coefficient (Wildman–Crippen LogP) is 7.83. The predicted molar refractivity (Wildman–Crippen MR) is 257 cm³/mol. The minimum Gasteiger partial charge on any atom is -0.378 e. The molecule has 0 spiro atoms. The van der Waals surface area contributed by atoms with Crippen LogP contribution in [0, 0.1) is 16.8 Å². The lowest BCUT2D eigenvalue weighted by molar-refractivity contribution is -0.0376. The number of aromatic nitrogens is 2. The van der Waals surface area contributed by atoms with Crippen LogP contribution < -0.4 is 19.7 Å². The van der Waals surface area contributed by atoms with Crippen LogP contribution in [0.25, 0.3) is 0 Å². The van der Waals surface area contributed by atoms with E-state index in [0.29, 0.717) is 31.6 Å². The molecule has 4 aliphatic rings. The molecule has 12 nitrogen and oxygen atoms in total. The molecule has 4 fully saturated rings. The van der Waals surface area contributed by atoms with E-state index in [4.69, 9.17) is 9.47 Å². The van der Waals surface area contributed by atoms with E-state index < -0.39 is 26.0 Å². The average molecular weight is 935 g/mol. The lowest BCUT2D eigenvalue weighted by atomic mass is 9.78. The first-order valence-corrected chi connectivity index (χ1v) is 27.1. The number of nitrogens with zero attached hydrogens (tertiary/aromatic N) is 3. The fourth-order valence-corrected chi connectivity index (χ4v) is 11.7. The van der Waals surface area contributed by atoms with E-state index >= 15 is 0 Å². The Bertz CT molecular complexity index is 2220. The third-order valence-corrected chi connectivity index (χ3v) is 15.0. The Labute approximate surface area is 388 Å². The third kappa shape index (κ3) is 16.2. The molecule has 0 unspecified atom stereocenters. The highest BCUT2D eigenvalue weighted by Gasteiger charge is 2.43. The van der Waals surface area contributed by atoms with Gasteiger partial charge in [-0.3, -0.25) is 0 Å². The number of halogens is 1. The van der Waals surface area contributed by atoms with Gasteiger partial charge in [-0.25, -0.2) is 36.2 Å². The highest BCUT2D eigenvalue weighted by molar-refractivity contribution is 7.89. The second kappa shape index (κ2) is 23.8. The van der Waals surface area contributed by atoms with Crippen LogP contribution in [0.2, 0.25) is 0 Å². The zero-order valence-electron chi connectivity index (χ0n) is 38.7. The maximum Gasteiger partial charge on any atom is 0.212 e. The van der Waals surface area contributed by atoms with Crippen LogP contribution in [-0.4, -0.2) is 103 Å². The molecule has 2 aromatic carbocycles. The van der Waals surface area contributed by atoms with Gasteiger partial charge in [-0.05, 0) is 118 Å². The van der Waals surface area contributed by atoms with Gasteiger partial charge in [0.05, 0.1) is 37.9 Å². The maximum absolute atomic E-state index is 12.0. The van der Waals surface area contributed by atoms with Crippen molar-refractivity contribution in [3.63, 3.8) is 0 Å². The number of sulfonamides is 2. The molecule has 2 aromatic heterocycles. The van der Waals surface area contributed by atoms with Crippen molar-refractivity contribution in [1.82, 2.24) is 24.7 Å². The van der Waals surface area contributed by atoms with Crippen LogP contribution in [0.4, 0.5) is 10.2 Å². The molecule has 2 saturated carbocycles. The van der Waals surface area contributed by atoms with E-state index in [0.717, 1.165) is 89.7 Å². The number of anilines is 1. The number of piperidine rings is 2. The molecular weight excluding hydrogens is 864 g/mol. The second-order valence-electron chi connectivity index (χ2n) is 19.1. The van der Waals surface area contributed by atoms with Crippen LogP contribution in [0.15, 0.2) is 109 Å². The summed E-state index contributed by atoms with van der Waals surface area (Å²) >= 11 is 0. The van der Waals surface area contributed by atoms with Gasteiger partial charge in [0.15, 0.2) is 0 Å². The molecule has 8 rings (SSSR count). The van der Waals surface area contributed by atoms with Gasteiger partial charge >= 0.3 is 0 Å². The monoisotopic (exact) mass is 934 g/mol. The van der Waals surface area contributed by atoms with Gasteiger partial charge in [-0.2, -0.15) is 4.39 Å². The number of pyridine rings is 2. The summed E-state index contributed by atoms with van der Waals surface area (Å²) in [5.74, 6) is 1.76. The smallest absolute Gasteiger partial charge is 0.212 e. The van der Waals surface area contributed by atoms with Crippen LogP contribution in [0.1, 0.15) is 101 Å². The molecule has 356 valence electrons. The molecule has 2 aliphatic carbocycles. The summed E-state index contributed by atoms with van der Waals surface area (Å²) in [4.78, 5) is 10.1. The third-order valence-electron chi connectivity index (χ3n) is 13.6. The van der Waals surface area contributed by atoms with E-state index in [1.165, 1.54) is 35.9 Å². The first-order valence-electron chi connectivity index (χ1n) is 23.3. The van der Waals surface area contributed by atoms with Crippen molar-refractivity contribution in [2.24, 2.45) is 10.8 Å². The molecule has 65 heavy (non-hydrogen) atoms. The van der Waals surface area contributed by atoms with Gasteiger partial charge in [0, 0.05) is 54.9 Å². The van der Waals surface area contributed by atoms with Crippen molar-refractivity contribution in [1.29, 1.82) is 0 Å². The fourth-order valence-electron chi connectivity index (χ4n) is 9.84. The molecular formula is C50H71FN6O6S2. The first kappa shape index (κ1) is 50.6. The van der Waals surface area contributed by atoms with Gasteiger partial charge in [0.1, 0.15) is 5.82 Å². The fraction of sp³-hybridized carbons (Fsp3) is 0.560. The highest BCUT2D eigenvalue weighted by atomic mass is 32.2. The molecule has 0 bridgehead atoms. The summed E-state index contributed by atoms with van der Waals surface area (Å²) in [6, 6.07) is 31.8. The lowest BCUT2D eigenvalue weighted by Gasteiger charge is -2.47. The van der Waals surface area contributed by atoms with Gasteiger partial charge in [-0.1, -0.05) is 86.6 Å². The first-order chi connectivity index (χ1) is 31.1. The molecule has 4 aromatic rings. The number of nitrogens with one attached hydrogen (secondary N) is 3. The minimum atomic E-state index is -3.30. The molecule has 15 heteroatoms. The number of ether oxygens (including phenoxy) is 2. The maximum atomic E-state index is 12.0. The second-order valence-corrected chi connectivity index (χ2v) is 22.7. The standard InChI is InChI=1S/C25H35N3O3S.C20H32N2O3S.C5H4FN/c1-25(19-31-22-13-11-21(12-14-22)20-8-4-3-5-9-20)18-28(24-10-6-7-16-26-24)17-15-23(25)27-32(2,29)30;1-20(14-21-13-12-19(20)22-26(2,23)24)15-25-18-10-8-17(9-11-18)16-6-4-3-5-7-16;6-5-3-1-2-4-7-5/h3-10,16,21-23,27H,11-15,17-19H2,1-2H3;3-7,17-19,21-22H,8-15H2,1-2H3;1-4H/t21?,22?,23-,25-;17?,18?,19-,20-;/m00./s1. The molecule has 2 aliphatic heterocycles. The van der Waals surface area contributed by atoms with Crippen molar-refractivity contribution >= 4 is 25.9 Å². The number of benzene rings is 2. The Morgan fingerprint density at radius 3 is 1.55 bits per heavy atom. The Balaban J connectivity index is 0.000000190. The molecule has 4 atom stereocenters. The van der Waals surface area contributed by atoms with Gasteiger partial charge in [0.25, 0.3) is 0 Å². The van der Waals surface area contributed by atoms with Gasteiger partial charge < -0.3 is 19.7 Å². The van der Waals surface area contributed by atoms with Gasteiger partial charge in [0.2, 0.25) is 26.0 Å². The molecule has 4 heterocycles. The lowest BCUT2D eigenvalue weighted by Crippen LogP contribution is -2.59. The summed E-state index contributed by atoms with van der Waals surface area (Å²) < 4.78 is 77.7. The Kier molecular flexibility index (Phi) is 18.5. The van der Waals surface area contributed by atoms with E-state index in [1.54, 1.807) is 18.3 Å². The topological polar surface area (TPSA) is 152 Å².